The molecule has 0 amide bonds. The van der Waals surface area contributed by atoms with Gasteiger partial charge in [0, 0.05) is 5.56 Å². The van der Waals surface area contributed by atoms with Gasteiger partial charge in [0.2, 0.25) is 0 Å². The third-order valence-electron chi connectivity index (χ3n) is 4.11. The highest BCUT2D eigenvalue weighted by molar-refractivity contribution is 6.65. The minimum Gasteiger partial charge on any atom is -0.385 e. The molecule has 20 heavy (non-hydrogen) atoms. The molecule has 1 fully saturated rings. The molecule has 0 spiro atoms. The van der Waals surface area contributed by atoms with Gasteiger partial charge in [-0.25, -0.2) is 0 Å². The highest BCUT2D eigenvalue weighted by Crippen LogP contribution is 2.36. The summed E-state index contributed by atoms with van der Waals surface area (Å²) in [5, 5.41) is 11.0. The quantitative estimate of drug-likeness (QED) is 0.838. The third kappa shape index (κ3) is 2.06. The summed E-state index contributed by atoms with van der Waals surface area (Å²) in [5.74, 6) is -1.28. The molecule has 0 aliphatic carbocycles. The molecule has 1 saturated heterocycles. The van der Waals surface area contributed by atoms with Crippen LogP contribution in [-0.4, -0.2) is 30.1 Å². The zero-order valence-corrected chi connectivity index (χ0v) is 11.7. The topological polar surface area (TPSA) is 32.7 Å². The molecule has 1 heterocycles. The Morgan fingerprint density at radius 3 is 2.20 bits per heavy atom. The van der Waals surface area contributed by atoms with Gasteiger partial charge >= 0.3 is 7.05 Å². The maximum atomic E-state index is 11.0. The maximum Gasteiger partial charge on any atom is 0.421 e. The van der Waals surface area contributed by atoms with E-state index in [9.17, 15) is 5.11 Å². The molecular formula is C16H18BNO2. The maximum absolute atomic E-state index is 11.0. The minimum absolute atomic E-state index is 0.130. The number of rotatable bonds is 2. The largest absolute Gasteiger partial charge is 0.421 e. The molecule has 2 atom stereocenters. The highest BCUT2D eigenvalue weighted by Gasteiger charge is 2.52. The molecule has 1 aliphatic rings. The van der Waals surface area contributed by atoms with E-state index in [1.165, 1.54) is 0 Å². The number of hydrogen-bond acceptors (Lipinski definition) is 3. The van der Waals surface area contributed by atoms with Crippen molar-refractivity contribution in [1.29, 1.82) is 0 Å². The van der Waals surface area contributed by atoms with Crippen molar-refractivity contribution in [2.45, 2.75) is 18.8 Å². The molecule has 0 bridgehead atoms. The van der Waals surface area contributed by atoms with Crippen LogP contribution in [-0.2, 0) is 10.4 Å². The highest BCUT2D eigenvalue weighted by atomic mass is 16.6. The van der Waals surface area contributed by atoms with Crippen LogP contribution in [0.2, 0.25) is 0 Å². The van der Waals surface area contributed by atoms with Crippen LogP contribution >= 0.6 is 0 Å². The third-order valence-corrected chi connectivity index (χ3v) is 4.11. The average Bonchev–Trinajstić information content (AvgIpc) is 2.75. The lowest BCUT2D eigenvalue weighted by Gasteiger charge is -2.29. The van der Waals surface area contributed by atoms with E-state index in [1.54, 1.807) is 0 Å². The first-order chi connectivity index (χ1) is 9.63. The predicted molar refractivity (Wildman–Crippen MR) is 80.5 cm³/mol. The van der Waals surface area contributed by atoms with Gasteiger partial charge in [0.25, 0.3) is 0 Å². The number of aliphatic hydroxyl groups is 1. The van der Waals surface area contributed by atoms with Gasteiger partial charge in [-0.15, -0.1) is 0 Å². The molecule has 2 aromatic rings. The van der Waals surface area contributed by atoms with Crippen LogP contribution in [0.4, 0.5) is 0 Å². The molecule has 0 radical (unpaired) electrons. The fraction of sp³-hybridized carbons (Fsp3) is 0.250. The first-order valence-electron chi connectivity index (χ1n) is 6.85. The van der Waals surface area contributed by atoms with Crippen molar-refractivity contribution in [2.75, 3.05) is 7.05 Å². The van der Waals surface area contributed by atoms with Crippen molar-refractivity contribution < 1.29 is 9.76 Å². The van der Waals surface area contributed by atoms with Gasteiger partial charge in [0.1, 0.15) is 0 Å². The molecule has 102 valence electrons. The van der Waals surface area contributed by atoms with Crippen LogP contribution in [0, 0.1) is 0 Å². The summed E-state index contributed by atoms with van der Waals surface area (Å²) < 4.78 is 6.03. The van der Waals surface area contributed by atoms with Crippen molar-refractivity contribution in [2.24, 2.45) is 0 Å². The Labute approximate surface area is 119 Å². The molecule has 1 N–H and O–H groups in total. The van der Waals surface area contributed by atoms with Crippen LogP contribution in [0.1, 0.15) is 12.5 Å². The van der Waals surface area contributed by atoms with Gasteiger partial charge in [0.05, 0.1) is 6.04 Å². The zero-order valence-electron chi connectivity index (χ0n) is 11.7. The lowest BCUT2D eigenvalue weighted by molar-refractivity contribution is -0.150. The number of hydrogen-bond donors (Lipinski definition) is 1. The standard InChI is InChI=1S/C16H18BNO2/c1-13-16(19,14-9-5-3-6-10-14)20-17(18(13)2)15-11-7-4-8-12-15/h3-13,19H,1-2H3. The van der Waals surface area contributed by atoms with E-state index >= 15 is 0 Å². The van der Waals surface area contributed by atoms with E-state index in [0.29, 0.717) is 0 Å². The van der Waals surface area contributed by atoms with E-state index in [2.05, 4.69) is 4.81 Å². The normalized spacial score (nSPS) is 26.9. The van der Waals surface area contributed by atoms with Crippen LogP contribution in [0.25, 0.3) is 0 Å². The first-order valence-corrected chi connectivity index (χ1v) is 6.85. The summed E-state index contributed by atoms with van der Waals surface area (Å²) in [6, 6.07) is 19.4. The second-order valence-corrected chi connectivity index (χ2v) is 5.28. The fourth-order valence-electron chi connectivity index (χ4n) is 2.74. The Kier molecular flexibility index (Phi) is 3.38. The summed E-state index contributed by atoms with van der Waals surface area (Å²) >= 11 is 0. The van der Waals surface area contributed by atoms with Crippen LogP contribution in [0.3, 0.4) is 0 Å². The van der Waals surface area contributed by atoms with Gasteiger partial charge in [0.15, 0.2) is 5.79 Å². The molecule has 4 heteroatoms. The minimum atomic E-state index is -1.28. The Bertz CT molecular complexity index is 578. The Morgan fingerprint density at radius 2 is 1.60 bits per heavy atom. The monoisotopic (exact) mass is 267 g/mol. The molecule has 2 unspecified atom stereocenters. The second kappa shape index (κ2) is 5.06. The van der Waals surface area contributed by atoms with Crippen molar-refractivity contribution in [3.05, 3.63) is 66.2 Å². The van der Waals surface area contributed by atoms with Crippen LogP contribution < -0.4 is 5.46 Å². The average molecular weight is 267 g/mol. The Balaban J connectivity index is 1.97. The number of nitrogens with zero attached hydrogens (tertiary/aromatic N) is 1. The lowest BCUT2D eigenvalue weighted by atomic mass is 9.72. The number of benzene rings is 2. The molecule has 2 aromatic carbocycles. The fourth-order valence-corrected chi connectivity index (χ4v) is 2.74. The molecule has 3 rings (SSSR count). The van der Waals surface area contributed by atoms with Gasteiger partial charge in [-0.1, -0.05) is 60.7 Å². The van der Waals surface area contributed by atoms with Gasteiger partial charge in [-0.2, -0.15) is 0 Å². The SMILES string of the molecule is CC1N(C)B(c2ccccc2)OC1(O)c1ccccc1. The van der Waals surface area contributed by atoms with Crippen LogP contribution in [0.5, 0.6) is 0 Å². The van der Waals surface area contributed by atoms with Crippen molar-refractivity contribution >= 4 is 12.5 Å². The van der Waals surface area contributed by atoms with E-state index in [0.717, 1.165) is 11.0 Å². The second-order valence-electron chi connectivity index (χ2n) is 5.28. The van der Waals surface area contributed by atoms with E-state index in [4.69, 9.17) is 4.65 Å². The predicted octanol–water partition coefficient (Wildman–Crippen LogP) is 1.58. The Morgan fingerprint density at radius 1 is 1.05 bits per heavy atom. The molecular weight excluding hydrogens is 249 g/mol. The molecule has 0 saturated carbocycles. The smallest absolute Gasteiger partial charge is 0.385 e. The van der Waals surface area contributed by atoms with Crippen molar-refractivity contribution in [3.63, 3.8) is 0 Å². The summed E-state index contributed by atoms with van der Waals surface area (Å²) in [6.45, 7) is 1.98. The van der Waals surface area contributed by atoms with Crippen molar-refractivity contribution in [1.82, 2.24) is 4.81 Å². The first kappa shape index (κ1) is 13.4. The van der Waals surface area contributed by atoms with Gasteiger partial charge in [-0.3, -0.25) is 0 Å². The molecule has 1 aliphatic heterocycles. The summed E-state index contributed by atoms with van der Waals surface area (Å²) in [5.41, 5.74) is 1.84. The van der Waals surface area contributed by atoms with Crippen LogP contribution in [0.15, 0.2) is 60.7 Å². The van der Waals surface area contributed by atoms with Gasteiger partial charge < -0.3 is 14.6 Å². The summed E-state index contributed by atoms with van der Waals surface area (Å²) in [7, 11) is 1.74. The van der Waals surface area contributed by atoms with Crippen molar-refractivity contribution in [3.8, 4) is 0 Å². The number of likely N-dealkylation sites (N-methyl/N-ethyl adjacent to an activating group) is 1. The van der Waals surface area contributed by atoms with E-state index in [-0.39, 0.29) is 13.1 Å². The van der Waals surface area contributed by atoms with E-state index in [1.807, 2.05) is 74.6 Å². The zero-order chi connectivity index (χ0) is 14.2. The summed E-state index contributed by atoms with van der Waals surface area (Å²) in [6.07, 6.45) is 0. The van der Waals surface area contributed by atoms with E-state index < -0.39 is 5.79 Å². The molecule has 3 nitrogen and oxygen atoms in total. The lowest BCUT2D eigenvalue weighted by Crippen LogP contribution is -2.45. The molecule has 0 aromatic heterocycles. The Hall–Kier alpha value is -1.62. The van der Waals surface area contributed by atoms with Gasteiger partial charge in [-0.05, 0) is 19.4 Å². The summed E-state index contributed by atoms with van der Waals surface area (Å²) in [4.78, 5) is 2.06.